The Hall–Kier alpha value is -3.38. The van der Waals surface area contributed by atoms with E-state index >= 15 is 0 Å². The van der Waals surface area contributed by atoms with Crippen molar-refractivity contribution in [3.63, 3.8) is 0 Å². The van der Waals surface area contributed by atoms with Crippen LogP contribution in [0, 0.1) is 5.82 Å². The number of benzene rings is 2. The van der Waals surface area contributed by atoms with E-state index in [1.807, 2.05) is 0 Å². The normalized spacial score (nSPS) is 15.1. The van der Waals surface area contributed by atoms with E-state index in [9.17, 15) is 23.6 Å². The summed E-state index contributed by atoms with van der Waals surface area (Å²) >= 11 is 4.13. The second-order valence-corrected chi connectivity index (χ2v) is 9.42. The lowest BCUT2D eigenvalue weighted by Crippen LogP contribution is -2.42. The molecule has 0 aliphatic carbocycles. The molecule has 0 saturated carbocycles. The molecule has 1 aliphatic rings. The molecule has 1 fully saturated rings. The molecule has 12 heteroatoms. The van der Waals surface area contributed by atoms with Crippen LogP contribution in [0.25, 0.3) is 6.08 Å². The van der Waals surface area contributed by atoms with Crippen LogP contribution in [0.1, 0.15) is 26.3 Å². The van der Waals surface area contributed by atoms with E-state index in [1.165, 1.54) is 37.3 Å². The number of carbonyl (C=O) groups is 4. The van der Waals surface area contributed by atoms with Crippen molar-refractivity contribution >= 4 is 62.5 Å². The lowest BCUT2D eigenvalue weighted by Gasteiger charge is -2.19. The third-order valence-electron chi connectivity index (χ3n) is 4.97. The second kappa shape index (κ2) is 12.7. The molecular weight excluding hydrogens is 571 g/mol. The monoisotopic (exact) mass is 594 g/mol. The van der Waals surface area contributed by atoms with Gasteiger partial charge in [0.1, 0.15) is 11.9 Å². The summed E-state index contributed by atoms with van der Waals surface area (Å²) in [7, 11) is 0. The summed E-state index contributed by atoms with van der Waals surface area (Å²) < 4.78 is 29.8. The maximum Gasteiger partial charge on any atom is 0.329 e. The number of carbonyl (C=O) groups excluding carboxylic acids is 4. The third kappa shape index (κ3) is 7.10. The van der Waals surface area contributed by atoms with Crippen molar-refractivity contribution in [1.82, 2.24) is 4.90 Å². The third-order valence-corrected chi connectivity index (χ3v) is 6.55. The molecule has 1 atom stereocenters. The number of rotatable bonds is 10. The van der Waals surface area contributed by atoms with E-state index in [0.29, 0.717) is 39.8 Å². The largest absolute Gasteiger partial charge is 0.490 e. The van der Waals surface area contributed by atoms with Gasteiger partial charge in [0.2, 0.25) is 0 Å². The maximum absolute atomic E-state index is 13.0. The minimum absolute atomic E-state index is 0.122. The van der Waals surface area contributed by atoms with E-state index in [2.05, 4.69) is 21.2 Å². The first-order valence-corrected chi connectivity index (χ1v) is 12.8. The van der Waals surface area contributed by atoms with Gasteiger partial charge in [-0.3, -0.25) is 19.3 Å². The molecule has 1 saturated heterocycles. The zero-order chi connectivity index (χ0) is 27.1. The quantitative estimate of drug-likeness (QED) is 0.302. The lowest BCUT2D eigenvalue weighted by molar-refractivity contribution is -0.150. The average molecular weight is 595 g/mol. The number of thioether (sulfide) groups is 1. The van der Waals surface area contributed by atoms with Crippen LogP contribution >= 0.6 is 27.7 Å². The van der Waals surface area contributed by atoms with Crippen molar-refractivity contribution in [1.29, 1.82) is 0 Å². The van der Waals surface area contributed by atoms with Gasteiger partial charge in [0.25, 0.3) is 17.1 Å². The summed E-state index contributed by atoms with van der Waals surface area (Å²) in [5.41, 5.74) is 0.934. The number of halogens is 2. The van der Waals surface area contributed by atoms with Crippen LogP contribution in [0.2, 0.25) is 0 Å². The summed E-state index contributed by atoms with van der Waals surface area (Å²) in [6, 6.07) is 7.44. The standard InChI is InChI=1S/C25H24BrFN2O7S/c1-4-34-19-10-15(11-21-23(31)29(25(33)37-21)14(3)24(32)35-5-2)18(26)12-20(19)36-13-22(30)28-17-8-6-16(27)7-9-17/h6-12,14H,4-5,13H2,1-3H3,(H,28,30)/b21-11+/t14-/m1/s1. The highest BCUT2D eigenvalue weighted by atomic mass is 79.9. The van der Waals surface area contributed by atoms with Gasteiger partial charge in [-0.15, -0.1) is 0 Å². The number of esters is 1. The molecule has 9 nitrogen and oxygen atoms in total. The molecule has 3 amide bonds. The zero-order valence-electron chi connectivity index (χ0n) is 20.2. The van der Waals surface area contributed by atoms with Crippen LogP contribution in [0.4, 0.5) is 14.9 Å². The number of anilines is 1. The smallest absolute Gasteiger partial charge is 0.329 e. The van der Waals surface area contributed by atoms with Gasteiger partial charge in [0.15, 0.2) is 18.1 Å². The van der Waals surface area contributed by atoms with Gasteiger partial charge in [-0.1, -0.05) is 15.9 Å². The fraction of sp³-hybridized carbons (Fsp3) is 0.280. The van der Waals surface area contributed by atoms with Crippen molar-refractivity contribution in [2.75, 3.05) is 25.1 Å². The van der Waals surface area contributed by atoms with E-state index < -0.39 is 34.9 Å². The highest BCUT2D eigenvalue weighted by Gasteiger charge is 2.41. The molecule has 196 valence electrons. The Morgan fingerprint density at radius 1 is 1.11 bits per heavy atom. The first-order valence-electron chi connectivity index (χ1n) is 11.2. The number of hydrogen-bond donors (Lipinski definition) is 1. The number of nitrogens with zero attached hydrogens (tertiary/aromatic N) is 1. The predicted molar refractivity (Wildman–Crippen MR) is 140 cm³/mol. The Kier molecular flexibility index (Phi) is 9.70. The van der Waals surface area contributed by atoms with Crippen molar-refractivity contribution in [3.05, 3.63) is 57.2 Å². The van der Waals surface area contributed by atoms with Crippen molar-refractivity contribution in [3.8, 4) is 11.5 Å². The zero-order valence-corrected chi connectivity index (χ0v) is 22.6. The molecule has 0 unspecified atom stereocenters. The van der Waals surface area contributed by atoms with Crippen LogP contribution in [0.3, 0.4) is 0 Å². The summed E-state index contributed by atoms with van der Waals surface area (Å²) in [5, 5.41) is 2.02. The molecule has 1 N–H and O–H groups in total. The predicted octanol–water partition coefficient (Wildman–Crippen LogP) is 4.99. The number of amides is 3. The minimum atomic E-state index is -1.06. The number of imide groups is 1. The van der Waals surface area contributed by atoms with Gasteiger partial charge in [0.05, 0.1) is 18.1 Å². The molecular formula is C25H24BrFN2O7S. The summed E-state index contributed by atoms with van der Waals surface area (Å²) in [6.07, 6.45) is 1.50. The number of ether oxygens (including phenoxy) is 3. The van der Waals surface area contributed by atoms with E-state index in [-0.39, 0.29) is 23.9 Å². The maximum atomic E-state index is 13.0. The molecule has 1 heterocycles. The molecule has 0 radical (unpaired) electrons. The van der Waals surface area contributed by atoms with Crippen LogP contribution < -0.4 is 14.8 Å². The number of nitrogens with one attached hydrogen (secondary N) is 1. The van der Waals surface area contributed by atoms with Crippen molar-refractivity contribution < 1.29 is 37.8 Å². The van der Waals surface area contributed by atoms with Gasteiger partial charge < -0.3 is 19.5 Å². The molecule has 0 spiro atoms. The van der Waals surface area contributed by atoms with Crippen LogP contribution in [-0.4, -0.2) is 53.8 Å². The Balaban J connectivity index is 1.77. The highest BCUT2D eigenvalue weighted by Crippen LogP contribution is 2.38. The summed E-state index contributed by atoms with van der Waals surface area (Å²) in [4.78, 5) is 50.6. The van der Waals surface area contributed by atoms with E-state index in [1.54, 1.807) is 26.0 Å². The van der Waals surface area contributed by atoms with Crippen LogP contribution in [0.5, 0.6) is 11.5 Å². The second-order valence-electron chi connectivity index (χ2n) is 7.58. The van der Waals surface area contributed by atoms with Gasteiger partial charge in [0, 0.05) is 10.2 Å². The van der Waals surface area contributed by atoms with Gasteiger partial charge in [-0.25, -0.2) is 9.18 Å². The number of hydrogen-bond acceptors (Lipinski definition) is 8. The first-order chi connectivity index (χ1) is 17.6. The Morgan fingerprint density at radius 3 is 2.43 bits per heavy atom. The highest BCUT2D eigenvalue weighted by molar-refractivity contribution is 9.10. The van der Waals surface area contributed by atoms with Crippen molar-refractivity contribution in [2.45, 2.75) is 26.8 Å². The van der Waals surface area contributed by atoms with Crippen molar-refractivity contribution in [2.24, 2.45) is 0 Å². The molecule has 0 bridgehead atoms. The molecule has 1 aliphatic heterocycles. The molecule has 2 aromatic carbocycles. The van der Waals surface area contributed by atoms with Gasteiger partial charge in [-0.05, 0) is 80.6 Å². The molecule has 0 aromatic heterocycles. The minimum Gasteiger partial charge on any atom is -0.490 e. The van der Waals surface area contributed by atoms with E-state index in [4.69, 9.17) is 14.2 Å². The lowest BCUT2D eigenvalue weighted by atomic mass is 10.1. The van der Waals surface area contributed by atoms with E-state index in [0.717, 1.165) is 4.90 Å². The Bertz CT molecular complexity index is 1240. The Labute approximate surface area is 225 Å². The molecule has 2 aromatic rings. The summed E-state index contributed by atoms with van der Waals surface area (Å²) in [5.74, 6) is -1.58. The van der Waals surface area contributed by atoms with Crippen LogP contribution in [-0.2, 0) is 19.1 Å². The molecule has 37 heavy (non-hydrogen) atoms. The summed E-state index contributed by atoms with van der Waals surface area (Å²) in [6.45, 7) is 4.93. The fourth-order valence-electron chi connectivity index (χ4n) is 3.24. The van der Waals surface area contributed by atoms with Crippen LogP contribution in [0.15, 0.2) is 45.8 Å². The first kappa shape index (κ1) is 28.2. The molecule has 3 rings (SSSR count). The van der Waals surface area contributed by atoms with Gasteiger partial charge >= 0.3 is 5.97 Å². The fourth-order valence-corrected chi connectivity index (χ4v) is 4.58. The Morgan fingerprint density at radius 2 is 1.78 bits per heavy atom. The van der Waals surface area contributed by atoms with Gasteiger partial charge in [-0.2, -0.15) is 0 Å². The topological polar surface area (TPSA) is 111 Å². The SMILES string of the molecule is CCOC(=O)[C@@H](C)N1C(=O)S/C(=C/c2cc(OCC)c(OCC(=O)Nc3ccc(F)cc3)cc2Br)C1=O. The average Bonchev–Trinajstić information content (AvgIpc) is 3.13.